The number of hydrogen-bond donors (Lipinski definition) is 3. The molecule has 1 aromatic heterocycles. The molecule has 13 nitrogen and oxygen atoms in total. The van der Waals surface area contributed by atoms with Gasteiger partial charge in [0.1, 0.15) is 41.7 Å². The SMILES string of the molecule is CON=C(C(=O)NC1C(=O)N2C(C(=O)O)=C(C=COS(=O)(=O)C(F)(F)F)CSC12)c1csc(NC(c2ccccc2)(c2ccccc2)c2ccccc2)n1. The number of thiazole rings is 1. The fourth-order valence-electron chi connectivity index (χ4n) is 5.90. The molecule has 2 amide bonds. The van der Waals surface area contributed by atoms with E-state index < -0.39 is 56.1 Å². The first-order valence-electron chi connectivity index (χ1n) is 15.7. The summed E-state index contributed by atoms with van der Waals surface area (Å²) in [6.07, 6.45) is 0.897. The second-order valence-electron chi connectivity index (χ2n) is 11.5. The normalized spacial score (nSPS) is 17.8. The lowest BCUT2D eigenvalue weighted by atomic mass is 9.77. The fourth-order valence-corrected chi connectivity index (χ4v) is 8.28. The van der Waals surface area contributed by atoms with Crippen molar-refractivity contribution < 1.29 is 50.1 Å². The van der Waals surface area contributed by atoms with E-state index in [-0.39, 0.29) is 29.0 Å². The smallest absolute Gasteiger partial charge is 0.477 e. The molecule has 54 heavy (non-hydrogen) atoms. The molecular weight excluding hydrogens is 772 g/mol. The van der Waals surface area contributed by atoms with E-state index in [1.165, 1.54) is 18.4 Å². The number of amides is 2. The Hall–Kier alpha value is -5.66. The zero-order valence-corrected chi connectivity index (χ0v) is 30.2. The van der Waals surface area contributed by atoms with Crippen molar-refractivity contribution in [3.63, 3.8) is 0 Å². The van der Waals surface area contributed by atoms with Gasteiger partial charge in [-0.3, -0.25) is 14.5 Å². The highest BCUT2D eigenvalue weighted by Gasteiger charge is 2.54. The summed E-state index contributed by atoms with van der Waals surface area (Å²) in [6.45, 7) is 0. The molecule has 0 saturated carbocycles. The number of nitrogens with one attached hydrogen (secondary N) is 2. The first-order valence-corrected chi connectivity index (χ1v) is 19.0. The Balaban J connectivity index is 1.24. The highest BCUT2D eigenvalue weighted by atomic mass is 32.2. The molecule has 0 radical (unpaired) electrons. The Kier molecular flexibility index (Phi) is 10.8. The minimum Gasteiger partial charge on any atom is -0.477 e. The van der Waals surface area contributed by atoms with Crippen LogP contribution in [-0.4, -0.2) is 76.7 Å². The monoisotopic (exact) mass is 799 g/mol. The third kappa shape index (κ3) is 7.29. The molecule has 6 rings (SSSR count). The summed E-state index contributed by atoms with van der Waals surface area (Å²) in [6, 6.07) is 28.0. The number of rotatable bonds is 13. The first-order chi connectivity index (χ1) is 25.8. The van der Waals surface area contributed by atoms with E-state index in [2.05, 4.69) is 25.0 Å². The van der Waals surface area contributed by atoms with Crippen LogP contribution in [-0.2, 0) is 39.1 Å². The molecule has 0 aliphatic carbocycles. The molecule has 280 valence electrons. The number of halogens is 3. The minimum absolute atomic E-state index is 0.109. The predicted octanol–water partition coefficient (Wildman–Crippen LogP) is 5.02. The van der Waals surface area contributed by atoms with Gasteiger partial charge in [0, 0.05) is 11.1 Å². The van der Waals surface area contributed by atoms with Crippen LogP contribution in [0.3, 0.4) is 0 Å². The number of allylic oxidation sites excluding steroid dienone is 1. The topological polar surface area (TPSA) is 177 Å². The largest absolute Gasteiger partial charge is 0.534 e. The maximum absolute atomic E-state index is 13.6. The van der Waals surface area contributed by atoms with Gasteiger partial charge in [-0.25, -0.2) is 9.78 Å². The van der Waals surface area contributed by atoms with Crippen molar-refractivity contribution in [1.29, 1.82) is 0 Å². The number of carboxylic acid groups (broad SMARTS) is 1. The molecule has 2 unspecified atom stereocenters. The lowest BCUT2D eigenvalue weighted by Crippen LogP contribution is -2.71. The summed E-state index contributed by atoms with van der Waals surface area (Å²) in [5, 5.41) is 21.0. The van der Waals surface area contributed by atoms with Crippen molar-refractivity contribution in [2.45, 2.75) is 22.5 Å². The fraction of sp³-hybridized carbons (Fsp3) is 0.171. The standard InChI is InChI=1S/C35H28F3N5O8S3/c1-50-42-26(29(44)40-27-30(45)43-28(32(46)47)21(19-52-31(27)43)17-18-51-54(48,49)35(36,37)38)25-20-53-33(39-25)41-34(22-11-5-2-6-12-22,23-13-7-3-8-14-23)24-15-9-4-10-16-24/h2-18,20,27,31H,19H2,1H3,(H,39,41)(H,40,44)(H,46,47). The molecule has 0 bridgehead atoms. The van der Waals surface area contributed by atoms with Crippen LogP contribution in [0.15, 0.2) is 125 Å². The second-order valence-corrected chi connectivity index (χ2v) is 15.0. The van der Waals surface area contributed by atoms with Gasteiger partial charge in [0.05, 0.1) is 0 Å². The molecule has 1 saturated heterocycles. The molecule has 3 N–H and O–H groups in total. The molecular formula is C35H28F3N5O8S3. The predicted molar refractivity (Wildman–Crippen MR) is 193 cm³/mol. The van der Waals surface area contributed by atoms with Crippen molar-refractivity contribution in [1.82, 2.24) is 15.2 Å². The van der Waals surface area contributed by atoms with E-state index in [0.717, 1.165) is 33.4 Å². The Morgan fingerprint density at radius 3 is 2.04 bits per heavy atom. The number of carbonyl (C=O) groups excluding carboxylic acids is 2. The van der Waals surface area contributed by atoms with E-state index in [9.17, 15) is 41.1 Å². The Labute approximate surface area is 314 Å². The number of aliphatic carboxylic acids is 1. The maximum Gasteiger partial charge on any atom is 0.534 e. The van der Waals surface area contributed by atoms with E-state index in [0.29, 0.717) is 11.2 Å². The van der Waals surface area contributed by atoms with Gasteiger partial charge in [0.2, 0.25) is 0 Å². The van der Waals surface area contributed by atoms with Gasteiger partial charge < -0.3 is 24.8 Å². The molecule has 4 aromatic rings. The van der Waals surface area contributed by atoms with E-state index in [4.69, 9.17) is 4.84 Å². The molecule has 3 heterocycles. The first kappa shape index (κ1) is 38.1. The van der Waals surface area contributed by atoms with Crippen molar-refractivity contribution in [3.05, 3.63) is 142 Å². The van der Waals surface area contributed by atoms with Gasteiger partial charge in [-0.1, -0.05) is 96.2 Å². The van der Waals surface area contributed by atoms with Crippen molar-refractivity contribution >= 4 is 61.8 Å². The third-order valence-electron chi connectivity index (χ3n) is 8.28. The number of oxime groups is 1. The summed E-state index contributed by atoms with van der Waals surface area (Å²) in [5.74, 6) is -3.49. The summed E-state index contributed by atoms with van der Waals surface area (Å²) >= 11 is 2.18. The number of β-lactam (4-membered cyclic amide) rings is 1. The third-order valence-corrected chi connectivity index (χ3v) is 11.3. The lowest BCUT2D eigenvalue weighted by molar-refractivity contribution is -0.150. The van der Waals surface area contributed by atoms with Crippen LogP contribution >= 0.6 is 23.1 Å². The van der Waals surface area contributed by atoms with Crippen LogP contribution < -0.4 is 10.6 Å². The summed E-state index contributed by atoms with van der Waals surface area (Å²) in [4.78, 5) is 49.5. The minimum atomic E-state index is -5.98. The Morgan fingerprint density at radius 2 is 1.54 bits per heavy atom. The summed E-state index contributed by atoms with van der Waals surface area (Å²) < 4.78 is 64.1. The number of thioether (sulfide) groups is 1. The Bertz CT molecular complexity index is 2150. The average molecular weight is 800 g/mol. The average Bonchev–Trinajstić information content (AvgIpc) is 3.63. The molecule has 0 spiro atoms. The van der Waals surface area contributed by atoms with Crippen LogP contribution in [0.1, 0.15) is 22.4 Å². The summed E-state index contributed by atoms with van der Waals surface area (Å²) in [5.41, 5.74) is -4.88. The zero-order chi connectivity index (χ0) is 38.7. The molecule has 2 aliphatic heterocycles. The molecule has 3 aromatic carbocycles. The quantitative estimate of drug-likeness (QED) is 0.0315. The second kappa shape index (κ2) is 15.4. The van der Waals surface area contributed by atoms with Crippen LogP contribution in [0, 0.1) is 0 Å². The van der Waals surface area contributed by atoms with Crippen LogP contribution in [0.5, 0.6) is 0 Å². The van der Waals surface area contributed by atoms with E-state index in [1.807, 2.05) is 91.0 Å². The lowest BCUT2D eigenvalue weighted by Gasteiger charge is -2.49. The number of anilines is 1. The van der Waals surface area contributed by atoms with Crippen molar-refractivity contribution in [2.24, 2.45) is 5.16 Å². The van der Waals surface area contributed by atoms with Gasteiger partial charge in [-0.15, -0.1) is 23.1 Å². The number of nitrogens with zero attached hydrogens (tertiary/aromatic N) is 3. The van der Waals surface area contributed by atoms with Crippen molar-refractivity contribution in [2.75, 3.05) is 18.2 Å². The number of benzene rings is 3. The maximum atomic E-state index is 13.6. The number of hydrogen-bond acceptors (Lipinski definition) is 12. The molecule has 1 fully saturated rings. The number of alkyl halides is 3. The van der Waals surface area contributed by atoms with Crippen LogP contribution in [0.25, 0.3) is 0 Å². The Morgan fingerprint density at radius 1 is 0.981 bits per heavy atom. The van der Waals surface area contributed by atoms with Gasteiger partial charge in [0.25, 0.3) is 11.8 Å². The highest BCUT2D eigenvalue weighted by Crippen LogP contribution is 2.42. The van der Waals surface area contributed by atoms with E-state index in [1.54, 1.807) is 5.38 Å². The van der Waals surface area contributed by atoms with Crippen LogP contribution in [0.2, 0.25) is 0 Å². The van der Waals surface area contributed by atoms with Gasteiger partial charge in [-0.2, -0.15) is 21.6 Å². The van der Waals surface area contributed by atoms with Crippen molar-refractivity contribution in [3.8, 4) is 0 Å². The highest BCUT2D eigenvalue weighted by molar-refractivity contribution is 8.00. The molecule has 2 aliphatic rings. The summed E-state index contributed by atoms with van der Waals surface area (Å²) in [7, 11) is -4.76. The number of fused-ring (bicyclic) bond motifs is 1. The number of carboxylic acids is 1. The van der Waals surface area contributed by atoms with Gasteiger partial charge >= 0.3 is 21.6 Å². The molecule has 2 atom stereocenters. The molecule has 19 heteroatoms. The van der Waals surface area contributed by atoms with Gasteiger partial charge in [0.15, 0.2) is 10.8 Å². The van der Waals surface area contributed by atoms with Crippen LogP contribution in [0.4, 0.5) is 18.3 Å². The van der Waals surface area contributed by atoms with Gasteiger partial charge in [-0.05, 0) is 28.3 Å². The number of carbonyl (C=O) groups is 3. The van der Waals surface area contributed by atoms with E-state index >= 15 is 0 Å². The zero-order valence-electron chi connectivity index (χ0n) is 27.8. The number of aromatic nitrogens is 1.